The number of amides is 1. The van der Waals surface area contributed by atoms with E-state index in [-0.39, 0.29) is 24.3 Å². The lowest BCUT2D eigenvalue weighted by Gasteiger charge is -2.31. The Morgan fingerprint density at radius 1 is 1.26 bits per heavy atom. The third-order valence-electron chi connectivity index (χ3n) is 4.79. The largest absolute Gasteiger partial charge is 0.479 e. The molecule has 0 aromatic heterocycles. The molecule has 0 unspecified atom stereocenters. The molecule has 1 saturated heterocycles. The molecule has 1 aliphatic heterocycles. The number of carboxylic acid groups (broad SMARTS) is 1. The first-order valence-corrected chi connectivity index (χ1v) is 8.20. The van der Waals surface area contributed by atoms with E-state index in [1.807, 2.05) is 0 Å². The lowest BCUT2D eigenvalue weighted by atomic mass is 10.00. The Kier molecular flexibility index (Phi) is 4.39. The number of carboxylic acids is 1. The SMILES string of the molecule is CC(C)c1ccc([C@@H]2C[C@H]2C(=O)N2CCO[C@H](C(=O)O)C2)cc1. The monoisotopic (exact) mass is 317 g/mol. The Morgan fingerprint density at radius 2 is 1.96 bits per heavy atom. The van der Waals surface area contributed by atoms with E-state index in [0.29, 0.717) is 19.1 Å². The van der Waals surface area contributed by atoms with E-state index in [0.717, 1.165) is 6.42 Å². The zero-order chi connectivity index (χ0) is 16.6. The van der Waals surface area contributed by atoms with E-state index in [9.17, 15) is 9.59 Å². The van der Waals surface area contributed by atoms with Crippen LogP contribution in [0.4, 0.5) is 0 Å². The smallest absolute Gasteiger partial charge is 0.334 e. The van der Waals surface area contributed by atoms with Crippen molar-refractivity contribution in [2.45, 2.75) is 38.2 Å². The average molecular weight is 317 g/mol. The summed E-state index contributed by atoms with van der Waals surface area (Å²) in [5, 5.41) is 9.03. The molecule has 0 bridgehead atoms. The van der Waals surface area contributed by atoms with E-state index >= 15 is 0 Å². The highest BCUT2D eigenvalue weighted by Crippen LogP contribution is 2.48. The molecule has 3 atom stereocenters. The Balaban J connectivity index is 1.61. The lowest BCUT2D eigenvalue weighted by molar-refractivity contribution is -0.159. The molecule has 5 nitrogen and oxygen atoms in total. The van der Waals surface area contributed by atoms with Crippen LogP contribution in [0, 0.1) is 5.92 Å². The molecule has 1 amide bonds. The fourth-order valence-corrected chi connectivity index (χ4v) is 3.20. The third-order valence-corrected chi connectivity index (χ3v) is 4.79. The molecule has 3 rings (SSSR count). The summed E-state index contributed by atoms with van der Waals surface area (Å²) in [5.41, 5.74) is 2.51. The molecule has 0 radical (unpaired) electrons. The van der Waals surface area contributed by atoms with Gasteiger partial charge in [0.2, 0.25) is 5.91 Å². The van der Waals surface area contributed by atoms with Crippen molar-refractivity contribution in [3.63, 3.8) is 0 Å². The molecule has 5 heteroatoms. The maximum absolute atomic E-state index is 12.6. The van der Waals surface area contributed by atoms with Crippen molar-refractivity contribution < 1.29 is 19.4 Å². The van der Waals surface area contributed by atoms with Gasteiger partial charge in [0.15, 0.2) is 6.10 Å². The highest BCUT2D eigenvalue weighted by atomic mass is 16.5. The molecule has 0 spiro atoms. The number of morpholine rings is 1. The van der Waals surface area contributed by atoms with Gasteiger partial charge in [-0.15, -0.1) is 0 Å². The van der Waals surface area contributed by atoms with Crippen molar-refractivity contribution in [3.8, 4) is 0 Å². The van der Waals surface area contributed by atoms with Crippen LogP contribution < -0.4 is 0 Å². The van der Waals surface area contributed by atoms with E-state index in [2.05, 4.69) is 38.1 Å². The summed E-state index contributed by atoms with van der Waals surface area (Å²) < 4.78 is 5.17. The summed E-state index contributed by atoms with van der Waals surface area (Å²) in [6.07, 6.45) is -0.0372. The second-order valence-corrected chi connectivity index (χ2v) is 6.75. The molecule has 1 heterocycles. The molecule has 124 valence electrons. The van der Waals surface area contributed by atoms with Gasteiger partial charge in [-0.3, -0.25) is 4.79 Å². The Morgan fingerprint density at radius 3 is 2.57 bits per heavy atom. The van der Waals surface area contributed by atoms with E-state index < -0.39 is 12.1 Å². The van der Waals surface area contributed by atoms with Crippen LogP contribution in [-0.4, -0.2) is 47.7 Å². The molecule has 2 aliphatic rings. The topological polar surface area (TPSA) is 66.8 Å². The van der Waals surface area contributed by atoms with Crippen LogP contribution in [0.2, 0.25) is 0 Å². The average Bonchev–Trinajstić information content (AvgIpc) is 3.35. The van der Waals surface area contributed by atoms with Crippen molar-refractivity contribution >= 4 is 11.9 Å². The van der Waals surface area contributed by atoms with Gasteiger partial charge in [0.25, 0.3) is 0 Å². The van der Waals surface area contributed by atoms with Crippen LogP contribution in [0.25, 0.3) is 0 Å². The van der Waals surface area contributed by atoms with Crippen LogP contribution in [0.5, 0.6) is 0 Å². The predicted molar refractivity (Wildman–Crippen MR) is 85.3 cm³/mol. The van der Waals surface area contributed by atoms with Gasteiger partial charge in [0, 0.05) is 12.5 Å². The first-order chi connectivity index (χ1) is 11.0. The second kappa shape index (κ2) is 6.32. The molecule has 1 N–H and O–H groups in total. The maximum Gasteiger partial charge on any atom is 0.334 e. The number of aliphatic carboxylic acids is 1. The number of hydrogen-bond donors (Lipinski definition) is 1. The van der Waals surface area contributed by atoms with Gasteiger partial charge in [-0.1, -0.05) is 38.1 Å². The van der Waals surface area contributed by atoms with Gasteiger partial charge in [0.05, 0.1) is 13.2 Å². The number of carbonyl (C=O) groups is 2. The van der Waals surface area contributed by atoms with Gasteiger partial charge in [-0.25, -0.2) is 4.79 Å². The summed E-state index contributed by atoms with van der Waals surface area (Å²) in [4.78, 5) is 25.2. The van der Waals surface area contributed by atoms with E-state index in [4.69, 9.17) is 9.84 Å². The predicted octanol–water partition coefficient (Wildman–Crippen LogP) is 2.23. The van der Waals surface area contributed by atoms with Crippen molar-refractivity contribution in [1.29, 1.82) is 0 Å². The van der Waals surface area contributed by atoms with Crippen LogP contribution in [0.1, 0.15) is 43.2 Å². The van der Waals surface area contributed by atoms with Gasteiger partial charge < -0.3 is 14.7 Å². The van der Waals surface area contributed by atoms with Gasteiger partial charge in [-0.05, 0) is 29.4 Å². The Bertz CT molecular complexity index is 596. The highest BCUT2D eigenvalue weighted by Gasteiger charge is 2.46. The molecule has 23 heavy (non-hydrogen) atoms. The Hall–Kier alpha value is -1.88. The maximum atomic E-state index is 12.6. The normalized spacial score (nSPS) is 27.1. The highest BCUT2D eigenvalue weighted by molar-refractivity contribution is 5.84. The molecule has 1 aromatic rings. The minimum atomic E-state index is -1.00. The van der Waals surface area contributed by atoms with Crippen molar-refractivity contribution in [1.82, 2.24) is 4.90 Å². The molecule has 1 aliphatic carbocycles. The van der Waals surface area contributed by atoms with E-state index in [1.165, 1.54) is 11.1 Å². The first kappa shape index (κ1) is 16.0. The quantitative estimate of drug-likeness (QED) is 0.925. The molecule has 1 saturated carbocycles. The van der Waals surface area contributed by atoms with Crippen molar-refractivity contribution in [3.05, 3.63) is 35.4 Å². The fraction of sp³-hybridized carbons (Fsp3) is 0.556. The minimum Gasteiger partial charge on any atom is -0.479 e. The zero-order valence-electron chi connectivity index (χ0n) is 13.6. The number of carbonyl (C=O) groups excluding carboxylic acids is 1. The summed E-state index contributed by atoms with van der Waals surface area (Å²) in [6, 6.07) is 8.50. The number of hydrogen-bond acceptors (Lipinski definition) is 3. The minimum absolute atomic E-state index is 0.00700. The molecular formula is C18H23NO4. The van der Waals surface area contributed by atoms with Gasteiger partial charge >= 0.3 is 5.97 Å². The molecule has 1 aromatic carbocycles. The molecular weight excluding hydrogens is 294 g/mol. The van der Waals surface area contributed by atoms with E-state index in [1.54, 1.807) is 4.90 Å². The summed E-state index contributed by atoms with van der Waals surface area (Å²) in [5.74, 6) is -0.166. The Labute approximate surface area is 136 Å². The number of nitrogens with zero attached hydrogens (tertiary/aromatic N) is 1. The first-order valence-electron chi connectivity index (χ1n) is 8.20. The number of rotatable bonds is 4. The van der Waals surface area contributed by atoms with Crippen LogP contribution >= 0.6 is 0 Å². The fourth-order valence-electron chi connectivity index (χ4n) is 3.20. The van der Waals surface area contributed by atoms with Crippen LogP contribution in [0.15, 0.2) is 24.3 Å². The molecule has 2 fully saturated rings. The second-order valence-electron chi connectivity index (χ2n) is 6.75. The van der Waals surface area contributed by atoms with Crippen LogP contribution in [0.3, 0.4) is 0 Å². The standard InChI is InChI=1S/C18H23NO4/c1-11(2)12-3-5-13(6-4-12)14-9-15(14)17(20)19-7-8-23-16(10-19)18(21)22/h3-6,11,14-16H,7-10H2,1-2H3,(H,21,22)/t14-,15+,16-/m0/s1. The zero-order valence-corrected chi connectivity index (χ0v) is 13.6. The van der Waals surface area contributed by atoms with Crippen molar-refractivity contribution in [2.75, 3.05) is 19.7 Å². The number of benzene rings is 1. The van der Waals surface area contributed by atoms with Gasteiger partial charge in [-0.2, -0.15) is 0 Å². The van der Waals surface area contributed by atoms with Crippen molar-refractivity contribution in [2.24, 2.45) is 5.92 Å². The summed E-state index contributed by atoms with van der Waals surface area (Å²) in [7, 11) is 0. The summed E-state index contributed by atoms with van der Waals surface area (Å²) in [6.45, 7) is 5.26. The lowest BCUT2D eigenvalue weighted by Crippen LogP contribution is -2.49. The van der Waals surface area contributed by atoms with Crippen LogP contribution in [-0.2, 0) is 14.3 Å². The third kappa shape index (κ3) is 3.39. The number of ether oxygens (including phenoxy) is 1. The summed E-state index contributed by atoms with van der Waals surface area (Å²) >= 11 is 0. The van der Waals surface area contributed by atoms with Gasteiger partial charge in [0.1, 0.15) is 0 Å².